The van der Waals surface area contributed by atoms with Crippen LogP contribution in [-0.2, 0) is 4.74 Å². The number of rotatable bonds is 2. The summed E-state index contributed by atoms with van der Waals surface area (Å²) in [6.07, 6.45) is 5.01. The van der Waals surface area contributed by atoms with E-state index in [2.05, 4.69) is 10.3 Å². The SMILES string of the molecule is O=C(NC1C2CCOC2C12CCC2)c1ccc2[nH]c(=S)oc2c1. The molecule has 2 heterocycles. The largest absolute Gasteiger partial charge is 0.429 e. The number of aromatic nitrogens is 1. The minimum atomic E-state index is -0.0316. The molecule has 3 aliphatic rings. The van der Waals surface area contributed by atoms with Crippen LogP contribution in [0.3, 0.4) is 0 Å². The summed E-state index contributed by atoms with van der Waals surface area (Å²) < 4.78 is 11.3. The van der Waals surface area contributed by atoms with E-state index in [1.54, 1.807) is 6.07 Å². The summed E-state index contributed by atoms with van der Waals surface area (Å²) >= 11 is 4.99. The number of aromatic amines is 1. The number of amides is 1. The summed E-state index contributed by atoms with van der Waals surface area (Å²) in [7, 11) is 0. The standard InChI is InChI=1S/C17H18N2O3S/c20-15(9-2-3-11-12(8-9)22-16(23)18-11)19-13-10-4-7-21-14(10)17(13)5-1-6-17/h2-3,8,10,13-14H,1,4-7H2,(H,18,23)(H,19,20). The van der Waals surface area contributed by atoms with Crippen molar-refractivity contribution in [1.82, 2.24) is 10.3 Å². The van der Waals surface area contributed by atoms with Gasteiger partial charge < -0.3 is 19.5 Å². The smallest absolute Gasteiger partial charge is 0.266 e. The summed E-state index contributed by atoms with van der Waals surface area (Å²) in [6, 6.07) is 5.66. The Bertz CT molecular complexity index is 851. The maximum atomic E-state index is 12.7. The van der Waals surface area contributed by atoms with Crippen LogP contribution >= 0.6 is 12.2 Å². The molecule has 3 atom stereocenters. The van der Waals surface area contributed by atoms with E-state index >= 15 is 0 Å². The first-order chi connectivity index (χ1) is 11.2. The van der Waals surface area contributed by atoms with Gasteiger partial charge in [0, 0.05) is 29.5 Å². The van der Waals surface area contributed by atoms with Crippen LogP contribution in [0.5, 0.6) is 0 Å². The highest BCUT2D eigenvalue weighted by atomic mass is 32.1. The average Bonchev–Trinajstić information content (AvgIpc) is 3.05. The fraction of sp³-hybridized carbons (Fsp3) is 0.529. The second kappa shape index (κ2) is 4.68. The number of hydrogen-bond donors (Lipinski definition) is 2. The third-order valence-electron chi connectivity index (χ3n) is 6.01. The first-order valence-corrected chi connectivity index (χ1v) is 8.64. The van der Waals surface area contributed by atoms with E-state index in [4.69, 9.17) is 21.4 Å². The average molecular weight is 330 g/mol. The number of carbonyl (C=O) groups excluding carboxylic acids is 1. The summed E-state index contributed by atoms with van der Waals surface area (Å²) in [6.45, 7) is 0.833. The van der Waals surface area contributed by atoms with Crippen LogP contribution in [0.25, 0.3) is 11.1 Å². The van der Waals surface area contributed by atoms with Crippen molar-refractivity contribution in [3.63, 3.8) is 0 Å². The predicted octanol–water partition coefficient (Wildman–Crippen LogP) is 3.18. The van der Waals surface area contributed by atoms with E-state index < -0.39 is 0 Å². The van der Waals surface area contributed by atoms with Crippen molar-refractivity contribution in [1.29, 1.82) is 0 Å². The Hall–Kier alpha value is -1.66. The molecule has 2 aromatic rings. The number of carbonyl (C=O) groups is 1. The maximum Gasteiger partial charge on any atom is 0.266 e. The van der Waals surface area contributed by atoms with Crippen LogP contribution in [0.2, 0.25) is 0 Å². The molecule has 1 amide bonds. The van der Waals surface area contributed by atoms with Crippen LogP contribution < -0.4 is 5.32 Å². The van der Waals surface area contributed by atoms with E-state index in [9.17, 15) is 4.79 Å². The molecule has 1 aromatic heterocycles. The topological polar surface area (TPSA) is 67.3 Å². The van der Waals surface area contributed by atoms with Crippen molar-refractivity contribution in [2.75, 3.05) is 6.61 Å². The van der Waals surface area contributed by atoms with Crippen molar-refractivity contribution < 1.29 is 13.9 Å². The molecule has 120 valence electrons. The van der Waals surface area contributed by atoms with Crippen LogP contribution in [0, 0.1) is 16.2 Å². The number of benzene rings is 1. The van der Waals surface area contributed by atoms with Gasteiger partial charge in [-0.05, 0) is 49.7 Å². The number of nitrogens with one attached hydrogen (secondary N) is 2. The summed E-state index contributed by atoms with van der Waals surface area (Å²) in [5.41, 5.74) is 2.26. The highest BCUT2D eigenvalue weighted by Gasteiger charge is 2.66. The lowest BCUT2D eigenvalue weighted by Gasteiger charge is -2.63. The van der Waals surface area contributed by atoms with Crippen molar-refractivity contribution in [3.8, 4) is 0 Å². The van der Waals surface area contributed by atoms with Gasteiger partial charge in [-0.1, -0.05) is 6.42 Å². The lowest BCUT2D eigenvalue weighted by molar-refractivity contribution is -0.172. The minimum absolute atomic E-state index is 0.0316. The molecule has 1 aromatic carbocycles. The number of H-pyrrole nitrogens is 1. The third kappa shape index (κ3) is 1.82. The lowest BCUT2D eigenvalue weighted by atomic mass is 9.46. The third-order valence-corrected chi connectivity index (χ3v) is 6.19. The molecule has 1 spiro atoms. The zero-order chi connectivity index (χ0) is 15.6. The Kier molecular flexibility index (Phi) is 2.79. The van der Waals surface area contributed by atoms with Crippen molar-refractivity contribution >= 4 is 29.2 Å². The zero-order valence-electron chi connectivity index (χ0n) is 12.6. The molecule has 2 aliphatic carbocycles. The Morgan fingerprint density at radius 2 is 2.26 bits per heavy atom. The van der Waals surface area contributed by atoms with E-state index in [1.165, 1.54) is 19.3 Å². The first-order valence-electron chi connectivity index (χ1n) is 8.23. The summed E-state index contributed by atoms with van der Waals surface area (Å²) in [5.74, 6) is 0.454. The second-order valence-corrected chi connectivity index (χ2v) is 7.38. The van der Waals surface area contributed by atoms with E-state index in [-0.39, 0.29) is 17.4 Å². The Labute approximate surface area is 138 Å². The van der Waals surface area contributed by atoms with Crippen LogP contribution in [0.1, 0.15) is 36.0 Å². The van der Waals surface area contributed by atoms with Gasteiger partial charge in [0.15, 0.2) is 5.58 Å². The Morgan fingerprint density at radius 1 is 1.39 bits per heavy atom. The molecule has 2 saturated carbocycles. The maximum absolute atomic E-state index is 12.7. The molecule has 3 unspecified atom stereocenters. The quantitative estimate of drug-likeness (QED) is 0.830. The normalized spacial score (nSPS) is 30.7. The van der Waals surface area contributed by atoms with E-state index in [0.717, 1.165) is 18.5 Å². The minimum Gasteiger partial charge on any atom is -0.429 e. The molecule has 3 fully saturated rings. The van der Waals surface area contributed by atoms with E-state index in [1.807, 2.05) is 12.1 Å². The summed E-state index contributed by atoms with van der Waals surface area (Å²) in [4.78, 5) is 16.0. The molecule has 5 rings (SSSR count). The Morgan fingerprint density at radius 3 is 3.04 bits per heavy atom. The van der Waals surface area contributed by atoms with Crippen LogP contribution in [-0.4, -0.2) is 29.6 Å². The molecular formula is C17H18N2O3S. The van der Waals surface area contributed by atoms with Gasteiger partial charge in [-0.15, -0.1) is 0 Å². The fourth-order valence-corrected chi connectivity index (χ4v) is 4.97. The second-order valence-electron chi connectivity index (χ2n) is 7.01. The number of hydrogen-bond acceptors (Lipinski definition) is 4. The van der Waals surface area contributed by atoms with Gasteiger partial charge >= 0.3 is 0 Å². The molecule has 1 aliphatic heterocycles. The first kappa shape index (κ1) is 13.7. The van der Waals surface area contributed by atoms with Crippen LogP contribution in [0.15, 0.2) is 22.6 Å². The molecule has 2 N–H and O–H groups in total. The Balaban J connectivity index is 1.40. The number of oxazole rings is 1. The molecule has 6 heteroatoms. The van der Waals surface area contributed by atoms with Crippen molar-refractivity contribution in [2.24, 2.45) is 11.3 Å². The van der Waals surface area contributed by atoms with Gasteiger partial charge in [0.2, 0.25) is 0 Å². The van der Waals surface area contributed by atoms with Gasteiger partial charge in [-0.25, -0.2) is 0 Å². The van der Waals surface area contributed by atoms with Gasteiger partial charge in [0.05, 0.1) is 11.6 Å². The molecule has 5 nitrogen and oxygen atoms in total. The van der Waals surface area contributed by atoms with Crippen LogP contribution in [0.4, 0.5) is 0 Å². The van der Waals surface area contributed by atoms with Crippen molar-refractivity contribution in [2.45, 2.75) is 37.8 Å². The van der Waals surface area contributed by atoms with Gasteiger partial charge in [0.25, 0.3) is 10.7 Å². The van der Waals surface area contributed by atoms with Gasteiger partial charge in [0.1, 0.15) is 0 Å². The zero-order valence-corrected chi connectivity index (χ0v) is 13.4. The number of ether oxygens (including phenoxy) is 1. The lowest BCUT2D eigenvalue weighted by Crippen LogP contribution is -2.71. The fourth-order valence-electron chi connectivity index (χ4n) is 4.77. The molecule has 0 bridgehead atoms. The van der Waals surface area contributed by atoms with Gasteiger partial charge in [-0.3, -0.25) is 4.79 Å². The number of fused-ring (bicyclic) bond motifs is 3. The van der Waals surface area contributed by atoms with Crippen molar-refractivity contribution in [3.05, 3.63) is 28.6 Å². The molecule has 1 saturated heterocycles. The highest BCUT2D eigenvalue weighted by molar-refractivity contribution is 7.71. The monoisotopic (exact) mass is 330 g/mol. The summed E-state index contributed by atoms with van der Waals surface area (Å²) in [5, 5.41) is 3.27. The molecular weight excluding hydrogens is 312 g/mol. The molecule has 0 radical (unpaired) electrons. The highest BCUT2D eigenvalue weighted by Crippen LogP contribution is 2.62. The van der Waals surface area contributed by atoms with E-state index in [0.29, 0.717) is 28.0 Å². The molecule has 23 heavy (non-hydrogen) atoms. The van der Waals surface area contributed by atoms with Gasteiger partial charge in [-0.2, -0.15) is 0 Å². The predicted molar refractivity (Wildman–Crippen MR) is 86.8 cm³/mol.